The summed E-state index contributed by atoms with van der Waals surface area (Å²) < 4.78 is 5.27. The molecule has 1 unspecified atom stereocenters. The first-order valence-corrected chi connectivity index (χ1v) is 8.05. The minimum absolute atomic E-state index is 0.127. The largest absolute Gasteiger partial charge is 0.338 e. The van der Waals surface area contributed by atoms with Crippen LogP contribution < -0.4 is 0 Å². The first-order chi connectivity index (χ1) is 10.1. The number of imidazole rings is 2. The van der Waals surface area contributed by atoms with Crippen molar-refractivity contribution >= 4 is 38.6 Å². The van der Waals surface area contributed by atoms with E-state index in [1.54, 1.807) is 0 Å². The molecular formula is C15H16BrClN4. The molecule has 0 bridgehead atoms. The molecule has 0 aliphatic heterocycles. The molecule has 6 heteroatoms. The summed E-state index contributed by atoms with van der Waals surface area (Å²) >= 11 is 9.82. The summed E-state index contributed by atoms with van der Waals surface area (Å²) in [6, 6.07) is 6.10. The molecule has 0 N–H and O–H groups in total. The normalized spacial score (nSPS) is 13.0. The number of fused-ring (bicyclic) bond motifs is 1. The standard InChI is InChI=1S/C15H16BrClN4/c1-10(17)15-19-12-4-3-11(16)9-13(12)21(15)7-5-14-18-6-8-20(14)2/h3-4,6,8-10H,5,7H2,1-2H3. The molecule has 2 aromatic heterocycles. The third kappa shape index (κ3) is 2.85. The Morgan fingerprint density at radius 1 is 1.38 bits per heavy atom. The maximum atomic E-state index is 6.30. The van der Waals surface area contributed by atoms with Gasteiger partial charge in [-0.05, 0) is 25.1 Å². The molecule has 0 amide bonds. The highest BCUT2D eigenvalue weighted by Gasteiger charge is 2.15. The second kappa shape index (κ2) is 5.81. The fourth-order valence-electron chi connectivity index (χ4n) is 2.50. The third-order valence-electron chi connectivity index (χ3n) is 3.58. The van der Waals surface area contributed by atoms with Crippen LogP contribution in [0.25, 0.3) is 11.0 Å². The number of rotatable bonds is 4. The first kappa shape index (κ1) is 14.6. The molecule has 3 rings (SSSR count). The average molecular weight is 368 g/mol. The number of hydrogen-bond donors (Lipinski definition) is 0. The summed E-state index contributed by atoms with van der Waals surface area (Å²) in [5, 5.41) is -0.127. The van der Waals surface area contributed by atoms with Crippen LogP contribution in [0.15, 0.2) is 35.1 Å². The molecule has 110 valence electrons. The fourth-order valence-corrected chi connectivity index (χ4v) is 3.02. The Morgan fingerprint density at radius 3 is 2.86 bits per heavy atom. The molecule has 2 heterocycles. The van der Waals surface area contributed by atoms with Crippen molar-refractivity contribution in [3.8, 4) is 0 Å². The minimum atomic E-state index is -0.127. The lowest BCUT2D eigenvalue weighted by atomic mass is 10.3. The van der Waals surface area contributed by atoms with E-state index in [9.17, 15) is 0 Å². The Hall–Kier alpha value is -1.33. The number of benzene rings is 1. The Labute approximate surface area is 136 Å². The predicted molar refractivity (Wildman–Crippen MR) is 88.6 cm³/mol. The highest BCUT2D eigenvalue weighted by atomic mass is 79.9. The van der Waals surface area contributed by atoms with Crippen molar-refractivity contribution in [1.29, 1.82) is 0 Å². The number of nitrogens with zero attached hydrogens (tertiary/aromatic N) is 4. The minimum Gasteiger partial charge on any atom is -0.338 e. The number of alkyl halides is 1. The molecular weight excluding hydrogens is 352 g/mol. The molecule has 0 aliphatic rings. The van der Waals surface area contributed by atoms with Crippen molar-refractivity contribution in [2.45, 2.75) is 25.3 Å². The SMILES string of the molecule is CC(Cl)c1nc2ccc(Br)cc2n1CCc1nccn1C. The molecule has 3 aromatic rings. The van der Waals surface area contributed by atoms with Crippen LogP contribution in [0, 0.1) is 0 Å². The highest BCUT2D eigenvalue weighted by molar-refractivity contribution is 9.10. The molecule has 0 saturated heterocycles. The van der Waals surface area contributed by atoms with Crippen molar-refractivity contribution < 1.29 is 0 Å². The summed E-state index contributed by atoms with van der Waals surface area (Å²) in [6.07, 6.45) is 4.63. The van der Waals surface area contributed by atoms with Crippen molar-refractivity contribution in [2.75, 3.05) is 0 Å². The monoisotopic (exact) mass is 366 g/mol. The van der Waals surface area contributed by atoms with E-state index in [1.165, 1.54) is 0 Å². The van der Waals surface area contributed by atoms with Gasteiger partial charge in [-0.25, -0.2) is 9.97 Å². The highest BCUT2D eigenvalue weighted by Crippen LogP contribution is 2.27. The van der Waals surface area contributed by atoms with Crippen molar-refractivity contribution in [3.05, 3.63) is 46.7 Å². The van der Waals surface area contributed by atoms with Crippen LogP contribution in [0.4, 0.5) is 0 Å². The Balaban J connectivity index is 2.00. The van der Waals surface area contributed by atoms with Gasteiger partial charge < -0.3 is 9.13 Å². The zero-order valence-corrected chi connectivity index (χ0v) is 14.3. The number of aromatic nitrogens is 4. The van der Waals surface area contributed by atoms with Crippen LogP contribution in [0.5, 0.6) is 0 Å². The Morgan fingerprint density at radius 2 is 2.19 bits per heavy atom. The lowest BCUT2D eigenvalue weighted by Crippen LogP contribution is -2.09. The summed E-state index contributed by atoms with van der Waals surface area (Å²) in [7, 11) is 2.01. The number of halogens is 2. The van der Waals surface area contributed by atoms with Gasteiger partial charge in [-0.3, -0.25) is 0 Å². The molecule has 1 atom stereocenters. The van der Waals surface area contributed by atoms with E-state index in [-0.39, 0.29) is 5.38 Å². The van der Waals surface area contributed by atoms with Crippen LogP contribution in [0.3, 0.4) is 0 Å². The van der Waals surface area contributed by atoms with E-state index in [2.05, 4.69) is 36.5 Å². The number of aryl methyl sites for hydroxylation is 3. The molecule has 1 aromatic carbocycles. The van der Waals surface area contributed by atoms with Gasteiger partial charge in [0.1, 0.15) is 11.6 Å². The summed E-state index contributed by atoms with van der Waals surface area (Å²) in [5.74, 6) is 1.96. The zero-order chi connectivity index (χ0) is 15.0. The fraction of sp³-hybridized carbons (Fsp3) is 0.333. The summed E-state index contributed by atoms with van der Waals surface area (Å²) in [4.78, 5) is 9.03. The van der Waals surface area contributed by atoms with Crippen LogP contribution in [0.2, 0.25) is 0 Å². The molecule has 0 radical (unpaired) electrons. The first-order valence-electron chi connectivity index (χ1n) is 6.82. The lowest BCUT2D eigenvalue weighted by Gasteiger charge is -2.10. The molecule has 4 nitrogen and oxygen atoms in total. The van der Waals surface area contributed by atoms with E-state index in [1.807, 2.05) is 43.1 Å². The zero-order valence-electron chi connectivity index (χ0n) is 11.9. The van der Waals surface area contributed by atoms with Crippen LogP contribution in [-0.2, 0) is 20.0 Å². The van der Waals surface area contributed by atoms with Gasteiger partial charge in [0, 0.05) is 36.9 Å². The lowest BCUT2D eigenvalue weighted by molar-refractivity contribution is 0.633. The van der Waals surface area contributed by atoms with E-state index in [0.29, 0.717) is 0 Å². The van der Waals surface area contributed by atoms with Gasteiger partial charge in [0.15, 0.2) is 0 Å². The smallest absolute Gasteiger partial charge is 0.127 e. The van der Waals surface area contributed by atoms with Crippen molar-refractivity contribution in [2.24, 2.45) is 7.05 Å². The van der Waals surface area contributed by atoms with Gasteiger partial charge in [-0.2, -0.15) is 0 Å². The van der Waals surface area contributed by atoms with E-state index in [4.69, 9.17) is 11.6 Å². The predicted octanol–water partition coefficient (Wildman–Crippen LogP) is 4.07. The second-order valence-electron chi connectivity index (χ2n) is 5.08. The third-order valence-corrected chi connectivity index (χ3v) is 4.26. The molecule has 0 spiro atoms. The topological polar surface area (TPSA) is 35.6 Å². The second-order valence-corrected chi connectivity index (χ2v) is 6.65. The maximum Gasteiger partial charge on any atom is 0.127 e. The van der Waals surface area contributed by atoms with Gasteiger partial charge in [0.05, 0.1) is 16.4 Å². The van der Waals surface area contributed by atoms with Gasteiger partial charge in [-0.15, -0.1) is 11.6 Å². The van der Waals surface area contributed by atoms with Gasteiger partial charge in [-0.1, -0.05) is 15.9 Å². The van der Waals surface area contributed by atoms with Crippen LogP contribution in [0.1, 0.15) is 23.9 Å². The average Bonchev–Trinajstić information content (AvgIpc) is 3.00. The number of hydrogen-bond acceptors (Lipinski definition) is 2. The molecule has 0 fully saturated rings. The van der Waals surface area contributed by atoms with Crippen LogP contribution >= 0.6 is 27.5 Å². The van der Waals surface area contributed by atoms with Crippen LogP contribution in [-0.4, -0.2) is 19.1 Å². The molecule has 0 saturated carbocycles. The van der Waals surface area contributed by atoms with E-state index >= 15 is 0 Å². The van der Waals surface area contributed by atoms with Crippen molar-refractivity contribution in [1.82, 2.24) is 19.1 Å². The molecule has 21 heavy (non-hydrogen) atoms. The Kier molecular flexibility index (Phi) is 4.04. The van der Waals surface area contributed by atoms with E-state index < -0.39 is 0 Å². The summed E-state index contributed by atoms with van der Waals surface area (Å²) in [5.41, 5.74) is 2.07. The summed E-state index contributed by atoms with van der Waals surface area (Å²) in [6.45, 7) is 2.76. The van der Waals surface area contributed by atoms with Gasteiger partial charge >= 0.3 is 0 Å². The Bertz CT molecular complexity index is 775. The van der Waals surface area contributed by atoms with E-state index in [0.717, 1.165) is 40.1 Å². The quantitative estimate of drug-likeness (QED) is 0.652. The van der Waals surface area contributed by atoms with Gasteiger partial charge in [0.2, 0.25) is 0 Å². The van der Waals surface area contributed by atoms with Crippen molar-refractivity contribution in [3.63, 3.8) is 0 Å². The molecule has 0 aliphatic carbocycles. The maximum absolute atomic E-state index is 6.30. The van der Waals surface area contributed by atoms with Gasteiger partial charge in [0.25, 0.3) is 0 Å².